The molecular weight excluding hydrogens is 296 g/mol. The molecule has 0 fully saturated rings. The van der Waals surface area contributed by atoms with E-state index in [0.29, 0.717) is 24.7 Å². The van der Waals surface area contributed by atoms with Crippen LogP contribution in [0.3, 0.4) is 0 Å². The molecule has 0 aliphatic heterocycles. The highest BCUT2D eigenvalue weighted by molar-refractivity contribution is 5.59. The van der Waals surface area contributed by atoms with E-state index in [0.717, 1.165) is 18.6 Å². The van der Waals surface area contributed by atoms with Crippen LogP contribution in [0.1, 0.15) is 23.2 Å². The number of fused-ring (bicyclic) bond motifs is 1. The molecule has 1 N–H and O–H groups in total. The van der Waals surface area contributed by atoms with Gasteiger partial charge in [-0.25, -0.2) is 4.68 Å². The molecule has 7 heteroatoms. The van der Waals surface area contributed by atoms with Crippen molar-refractivity contribution >= 4 is 11.5 Å². The molecule has 3 rings (SSSR count). The predicted molar refractivity (Wildman–Crippen MR) is 87.1 cm³/mol. The summed E-state index contributed by atoms with van der Waals surface area (Å²) in [4.78, 5) is 10.7. The average Bonchev–Trinajstić information content (AvgIpc) is 3.07. The van der Waals surface area contributed by atoms with Crippen molar-refractivity contribution in [3.63, 3.8) is 0 Å². The number of hydrogen-bond donors (Lipinski definition) is 1. The van der Waals surface area contributed by atoms with E-state index >= 15 is 0 Å². The van der Waals surface area contributed by atoms with E-state index in [2.05, 4.69) is 22.5 Å². The third-order valence-electron chi connectivity index (χ3n) is 4.11. The molecule has 2 aromatic rings. The number of nitrogens with zero attached hydrogens (tertiary/aromatic N) is 3. The Labute approximate surface area is 134 Å². The van der Waals surface area contributed by atoms with E-state index in [1.807, 2.05) is 6.07 Å². The molecule has 0 radical (unpaired) electrons. The number of benzene rings is 1. The van der Waals surface area contributed by atoms with Crippen LogP contribution < -0.4 is 10.1 Å². The van der Waals surface area contributed by atoms with E-state index in [1.165, 1.54) is 22.2 Å². The minimum absolute atomic E-state index is 0.0185. The largest absolute Gasteiger partial charge is 0.492 e. The van der Waals surface area contributed by atoms with Gasteiger partial charge in [-0.3, -0.25) is 10.1 Å². The Kier molecular flexibility index (Phi) is 4.18. The van der Waals surface area contributed by atoms with Gasteiger partial charge in [0.1, 0.15) is 18.1 Å². The van der Waals surface area contributed by atoms with E-state index in [-0.39, 0.29) is 5.69 Å². The van der Waals surface area contributed by atoms with Gasteiger partial charge in [-0.1, -0.05) is 6.07 Å². The summed E-state index contributed by atoms with van der Waals surface area (Å²) < 4.78 is 7.23. The van der Waals surface area contributed by atoms with Crippen LogP contribution in [-0.4, -0.2) is 27.9 Å². The minimum atomic E-state index is -0.411. The zero-order valence-corrected chi connectivity index (χ0v) is 13.3. The first-order chi connectivity index (χ1) is 11.1. The van der Waals surface area contributed by atoms with Crippen molar-refractivity contribution in [1.29, 1.82) is 0 Å². The van der Waals surface area contributed by atoms with E-state index < -0.39 is 4.92 Å². The highest BCUT2D eigenvalue weighted by Gasteiger charge is 2.23. The number of nitro groups is 1. The lowest BCUT2D eigenvalue weighted by atomic mass is 10.1. The highest BCUT2D eigenvalue weighted by Crippen LogP contribution is 2.27. The zero-order chi connectivity index (χ0) is 16.4. The molecule has 1 aromatic heterocycles. The normalized spacial score (nSPS) is 13.0. The molecule has 0 unspecified atom stereocenters. The van der Waals surface area contributed by atoms with Gasteiger partial charge in [-0.15, -0.1) is 0 Å². The number of aromatic nitrogens is 2. The Hall–Kier alpha value is -2.57. The van der Waals surface area contributed by atoms with Crippen LogP contribution in [0.2, 0.25) is 0 Å². The standard InChI is InChI=1S/C16H20N4O3/c1-11-15(20(21)22)16(19(2)18-11)17-8-9-23-14-7-6-12-4-3-5-13(12)10-14/h6-7,10,17H,3-5,8-9H2,1-2H3. The predicted octanol–water partition coefficient (Wildman–Crippen LogP) is 2.62. The van der Waals surface area contributed by atoms with Gasteiger partial charge in [0.15, 0.2) is 0 Å². The maximum Gasteiger partial charge on any atom is 0.333 e. The lowest BCUT2D eigenvalue weighted by molar-refractivity contribution is -0.384. The molecule has 0 bridgehead atoms. The molecule has 122 valence electrons. The van der Waals surface area contributed by atoms with E-state index in [9.17, 15) is 10.1 Å². The Balaban J connectivity index is 1.57. The van der Waals surface area contributed by atoms with Crippen molar-refractivity contribution in [1.82, 2.24) is 9.78 Å². The van der Waals surface area contributed by atoms with E-state index in [4.69, 9.17) is 4.74 Å². The minimum Gasteiger partial charge on any atom is -0.492 e. The van der Waals surface area contributed by atoms with Gasteiger partial charge in [0, 0.05) is 7.05 Å². The molecule has 1 aliphatic rings. The van der Waals surface area contributed by atoms with E-state index in [1.54, 1.807) is 14.0 Å². The Bertz CT molecular complexity index is 739. The lowest BCUT2D eigenvalue weighted by Gasteiger charge is -2.09. The third-order valence-corrected chi connectivity index (χ3v) is 4.11. The van der Waals surface area contributed by atoms with Crippen molar-refractivity contribution in [2.24, 2.45) is 7.05 Å². The molecular formula is C16H20N4O3. The maximum atomic E-state index is 11.1. The van der Waals surface area contributed by atoms with Crippen LogP contribution in [0.5, 0.6) is 5.75 Å². The number of nitrogens with one attached hydrogen (secondary N) is 1. The van der Waals surface area contributed by atoms with Crippen LogP contribution in [-0.2, 0) is 19.9 Å². The Morgan fingerprint density at radius 3 is 2.96 bits per heavy atom. The highest BCUT2D eigenvalue weighted by atomic mass is 16.6. The third kappa shape index (κ3) is 3.13. The quantitative estimate of drug-likeness (QED) is 0.503. The smallest absolute Gasteiger partial charge is 0.333 e. The average molecular weight is 316 g/mol. The molecule has 7 nitrogen and oxygen atoms in total. The fraction of sp³-hybridized carbons (Fsp3) is 0.438. The summed E-state index contributed by atoms with van der Waals surface area (Å²) in [6, 6.07) is 6.21. The molecule has 0 spiro atoms. The van der Waals surface area contributed by atoms with Crippen molar-refractivity contribution in [3.8, 4) is 5.75 Å². The topological polar surface area (TPSA) is 82.2 Å². The lowest BCUT2D eigenvalue weighted by Crippen LogP contribution is -2.14. The number of hydrogen-bond acceptors (Lipinski definition) is 5. The van der Waals surface area contributed by atoms with Crippen LogP contribution in [0.15, 0.2) is 18.2 Å². The second-order valence-electron chi connectivity index (χ2n) is 5.72. The summed E-state index contributed by atoms with van der Waals surface area (Å²) in [5.41, 5.74) is 3.20. The SMILES string of the molecule is Cc1nn(C)c(NCCOc2ccc3c(c2)CCC3)c1[N+](=O)[O-]. The fourth-order valence-electron chi connectivity index (χ4n) is 3.04. The van der Waals surface area contributed by atoms with Gasteiger partial charge in [-0.2, -0.15) is 5.10 Å². The summed E-state index contributed by atoms with van der Waals surface area (Å²) >= 11 is 0. The van der Waals surface area contributed by atoms with Crippen molar-refractivity contribution in [2.45, 2.75) is 26.2 Å². The van der Waals surface area contributed by atoms with Gasteiger partial charge in [0.05, 0.1) is 11.5 Å². The number of aryl methyl sites for hydroxylation is 4. The summed E-state index contributed by atoms with van der Waals surface area (Å²) in [7, 11) is 1.68. The molecule has 1 heterocycles. The van der Waals surface area contributed by atoms with Crippen LogP contribution >= 0.6 is 0 Å². The Morgan fingerprint density at radius 1 is 1.39 bits per heavy atom. The zero-order valence-electron chi connectivity index (χ0n) is 13.3. The summed E-state index contributed by atoms with van der Waals surface area (Å²) in [5.74, 6) is 1.26. The molecule has 0 saturated carbocycles. The molecule has 1 aliphatic carbocycles. The number of rotatable bonds is 6. The van der Waals surface area contributed by atoms with Gasteiger partial charge < -0.3 is 10.1 Å². The first-order valence-electron chi connectivity index (χ1n) is 7.72. The molecule has 0 amide bonds. The summed E-state index contributed by atoms with van der Waals surface area (Å²) in [6.07, 6.45) is 3.48. The van der Waals surface area contributed by atoms with Crippen LogP contribution in [0, 0.1) is 17.0 Å². The molecule has 0 atom stereocenters. The molecule has 23 heavy (non-hydrogen) atoms. The summed E-state index contributed by atoms with van der Waals surface area (Å²) in [6.45, 7) is 2.53. The van der Waals surface area contributed by atoms with Gasteiger partial charge in [0.2, 0.25) is 5.82 Å². The van der Waals surface area contributed by atoms with Gasteiger partial charge in [-0.05, 0) is 49.4 Å². The van der Waals surface area contributed by atoms with Gasteiger partial charge in [0.25, 0.3) is 0 Å². The second-order valence-corrected chi connectivity index (χ2v) is 5.72. The molecule has 1 aromatic carbocycles. The number of anilines is 1. The monoisotopic (exact) mass is 316 g/mol. The maximum absolute atomic E-state index is 11.1. The van der Waals surface area contributed by atoms with Crippen LogP contribution in [0.4, 0.5) is 11.5 Å². The second kappa shape index (κ2) is 6.28. The van der Waals surface area contributed by atoms with Crippen molar-refractivity contribution in [3.05, 3.63) is 45.1 Å². The fourth-order valence-corrected chi connectivity index (χ4v) is 3.04. The van der Waals surface area contributed by atoms with Gasteiger partial charge >= 0.3 is 5.69 Å². The molecule has 0 saturated heterocycles. The first-order valence-corrected chi connectivity index (χ1v) is 7.72. The van der Waals surface area contributed by atoms with Crippen molar-refractivity contribution < 1.29 is 9.66 Å². The number of ether oxygens (including phenoxy) is 1. The van der Waals surface area contributed by atoms with Crippen LogP contribution in [0.25, 0.3) is 0 Å². The first kappa shape index (κ1) is 15.3. The summed E-state index contributed by atoms with van der Waals surface area (Å²) in [5, 5.41) is 18.2. The van der Waals surface area contributed by atoms with Crippen molar-refractivity contribution in [2.75, 3.05) is 18.5 Å². The Morgan fingerprint density at radius 2 is 2.17 bits per heavy atom.